The summed E-state index contributed by atoms with van der Waals surface area (Å²) in [4.78, 5) is 14.9. The van der Waals surface area contributed by atoms with Crippen molar-refractivity contribution in [3.63, 3.8) is 0 Å². The molecule has 0 fully saturated rings. The van der Waals surface area contributed by atoms with Crippen LogP contribution in [0.3, 0.4) is 0 Å². The normalized spacial score (nSPS) is 10.7. The lowest BCUT2D eigenvalue weighted by molar-refractivity contribution is 0.208. The van der Waals surface area contributed by atoms with E-state index in [1.54, 1.807) is 16.8 Å². The number of anilines is 1. The molecule has 0 spiro atoms. The first kappa shape index (κ1) is 15.1. The summed E-state index contributed by atoms with van der Waals surface area (Å²) in [5.41, 5.74) is 7.54. The number of aromatic nitrogens is 3. The molecule has 1 aromatic carbocycles. The number of carbonyl (C=O) groups is 1. The van der Waals surface area contributed by atoms with E-state index in [2.05, 4.69) is 15.4 Å². The number of benzene rings is 1. The first-order chi connectivity index (χ1) is 11.0. The number of halogens is 1. The fraction of sp³-hybridized carbons (Fsp3) is 0.133. The second-order valence-corrected chi connectivity index (χ2v) is 5.34. The topological polar surface area (TPSA) is 95.1 Å². The Morgan fingerprint density at radius 1 is 1.39 bits per heavy atom. The molecule has 0 aliphatic carbocycles. The molecular formula is C15H14ClN5O2. The van der Waals surface area contributed by atoms with E-state index in [0.717, 1.165) is 16.6 Å². The monoisotopic (exact) mass is 331 g/mol. The summed E-state index contributed by atoms with van der Waals surface area (Å²) in [6.07, 6.45) is 1.00. The summed E-state index contributed by atoms with van der Waals surface area (Å²) >= 11 is 5.81. The molecule has 0 saturated carbocycles. The van der Waals surface area contributed by atoms with Crippen LogP contribution in [0.25, 0.3) is 10.9 Å². The fourth-order valence-corrected chi connectivity index (χ4v) is 2.36. The number of amides is 1. The van der Waals surface area contributed by atoms with Crippen LogP contribution in [0.1, 0.15) is 5.56 Å². The largest absolute Gasteiger partial charge is 0.411 e. The Bertz CT molecular complexity index is 877. The van der Waals surface area contributed by atoms with Gasteiger partial charge >= 0.3 is 6.09 Å². The van der Waals surface area contributed by atoms with Crippen molar-refractivity contribution in [3.8, 4) is 5.88 Å². The van der Waals surface area contributed by atoms with E-state index in [1.165, 1.54) is 0 Å². The summed E-state index contributed by atoms with van der Waals surface area (Å²) in [5, 5.41) is 8.82. The molecule has 23 heavy (non-hydrogen) atoms. The number of pyridine rings is 1. The molecule has 3 N–H and O–H groups in total. The molecule has 0 atom stereocenters. The van der Waals surface area contributed by atoms with Gasteiger partial charge in [0.05, 0.1) is 5.52 Å². The van der Waals surface area contributed by atoms with Crippen LogP contribution < -0.4 is 15.8 Å². The zero-order chi connectivity index (χ0) is 16.4. The van der Waals surface area contributed by atoms with E-state index in [1.807, 2.05) is 31.4 Å². The number of nitrogens with zero attached hydrogens (tertiary/aromatic N) is 3. The third kappa shape index (κ3) is 3.51. The van der Waals surface area contributed by atoms with E-state index < -0.39 is 6.09 Å². The second-order valence-electron chi connectivity index (χ2n) is 4.95. The molecule has 3 aromatic rings. The molecule has 118 valence electrons. The van der Waals surface area contributed by atoms with Crippen molar-refractivity contribution in [1.82, 2.24) is 14.8 Å². The van der Waals surface area contributed by atoms with Gasteiger partial charge in [-0.1, -0.05) is 11.6 Å². The SMILES string of the molecule is Cn1cc2cc(NCc3ccc(Cl)nc3OC(N)=O)ccc2n1. The molecule has 2 aromatic heterocycles. The lowest BCUT2D eigenvalue weighted by atomic mass is 10.2. The van der Waals surface area contributed by atoms with Crippen molar-refractivity contribution >= 4 is 34.3 Å². The number of rotatable bonds is 4. The Morgan fingerprint density at radius 2 is 2.22 bits per heavy atom. The van der Waals surface area contributed by atoms with Gasteiger partial charge in [-0.3, -0.25) is 4.68 Å². The Morgan fingerprint density at radius 3 is 3.00 bits per heavy atom. The van der Waals surface area contributed by atoms with Crippen molar-refractivity contribution in [1.29, 1.82) is 0 Å². The van der Waals surface area contributed by atoms with Crippen LogP contribution in [-0.2, 0) is 13.6 Å². The molecule has 0 saturated heterocycles. The third-order valence-electron chi connectivity index (χ3n) is 3.20. The predicted molar refractivity (Wildman–Crippen MR) is 87.5 cm³/mol. The number of hydrogen-bond acceptors (Lipinski definition) is 5. The minimum Gasteiger partial charge on any atom is -0.391 e. The summed E-state index contributed by atoms with van der Waals surface area (Å²) < 4.78 is 6.64. The highest BCUT2D eigenvalue weighted by molar-refractivity contribution is 6.29. The smallest absolute Gasteiger partial charge is 0.391 e. The number of fused-ring (bicyclic) bond motifs is 1. The van der Waals surface area contributed by atoms with E-state index >= 15 is 0 Å². The van der Waals surface area contributed by atoms with Gasteiger partial charge in [0.25, 0.3) is 0 Å². The molecule has 8 heteroatoms. The van der Waals surface area contributed by atoms with Gasteiger partial charge in [-0.2, -0.15) is 5.10 Å². The highest BCUT2D eigenvalue weighted by atomic mass is 35.5. The maximum absolute atomic E-state index is 10.9. The minimum absolute atomic E-state index is 0.0972. The quantitative estimate of drug-likeness (QED) is 0.717. The molecule has 3 rings (SSSR count). The number of nitrogens with one attached hydrogen (secondary N) is 1. The average molecular weight is 332 g/mol. The molecule has 0 radical (unpaired) electrons. The van der Waals surface area contributed by atoms with Gasteiger partial charge in [0.15, 0.2) is 0 Å². The number of primary amides is 1. The van der Waals surface area contributed by atoms with E-state index in [0.29, 0.717) is 12.1 Å². The minimum atomic E-state index is -0.933. The number of aryl methyl sites for hydroxylation is 1. The van der Waals surface area contributed by atoms with Crippen LogP contribution in [0.4, 0.5) is 10.5 Å². The van der Waals surface area contributed by atoms with Crippen LogP contribution in [0, 0.1) is 0 Å². The first-order valence-corrected chi connectivity index (χ1v) is 7.19. The highest BCUT2D eigenvalue weighted by Gasteiger charge is 2.10. The van der Waals surface area contributed by atoms with Crippen molar-refractivity contribution in [2.45, 2.75) is 6.54 Å². The average Bonchev–Trinajstić information content (AvgIpc) is 2.85. The van der Waals surface area contributed by atoms with Crippen molar-refractivity contribution in [3.05, 3.63) is 47.2 Å². The van der Waals surface area contributed by atoms with Crippen molar-refractivity contribution in [2.75, 3.05) is 5.32 Å². The predicted octanol–water partition coefficient (Wildman–Crippen LogP) is 2.69. The van der Waals surface area contributed by atoms with Gasteiger partial charge in [0.2, 0.25) is 5.88 Å². The number of carbonyl (C=O) groups excluding carboxylic acids is 1. The number of hydrogen-bond donors (Lipinski definition) is 2. The van der Waals surface area contributed by atoms with Crippen molar-refractivity contribution in [2.24, 2.45) is 12.8 Å². The van der Waals surface area contributed by atoms with Crippen LogP contribution >= 0.6 is 11.6 Å². The van der Waals surface area contributed by atoms with Gasteiger partial charge in [-0.15, -0.1) is 0 Å². The molecule has 2 heterocycles. The van der Waals surface area contributed by atoms with E-state index in [9.17, 15) is 4.79 Å². The molecule has 0 bridgehead atoms. The number of ether oxygens (including phenoxy) is 1. The lowest BCUT2D eigenvalue weighted by Gasteiger charge is -2.10. The molecule has 7 nitrogen and oxygen atoms in total. The fourth-order valence-electron chi connectivity index (χ4n) is 2.22. The Hall–Kier alpha value is -2.80. The third-order valence-corrected chi connectivity index (χ3v) is 3.41. The van der Waals surface area contributed by atoms with Crippen molar-refractivity contribution < 1.29 is 9.53 Å². The summed E-state index contributed by atoms with van der Waals surface area (Å²) in [6.45, 7) is 0.401. The van der Waals surface area contributed by atoms with Gasteiger partial charge < -0.3 is 15.8 Å². The van der Waals surface area contributed by atoms with Gasteiger partial charge in [0.1, 0.15) is 5.15 Å². The Balaban J connectivity index is 1.79. The Kier molecular flexibility index (Phi) is 4.03. The van der Waals surface area contributed by atoms with Crippen LogP contribution in [0.15, 0.2) is 36.5 Å². The molecule has 0 aliphatic rings. The summed E-state index contributed by atoms with van der Waals surface area (Å²) in [7, 11) is 1.87. The van der Waals surface area contributed by atoms with Crippen LogP contribution in [0.5, 0.6) is 5.88 Å². The lowest BCUT2D eigenvalue weighted by Crippen LogP contribution is -2.18. The summed E-state index contributed by atoms with van der Waals surface area (Å²) in [5.74, 6) is 0.0972. The molecule has 0 unspecified atom stereocenters. The maximum atomic E-state index is 10.9. The zero-order valence-corrected chi connectivity index (χ0v) is 13.0. The second kappa shape index (κ2) is 6.13. The maximum Gasteiger partial charge on any atom is 0.411 e. The van der Waals surface area contributed by atoms with E-state index in [-0.39, 0.29) is 11.0 Å². The molecule has 0 aliphatic heterocycles. The molecule has 1 amide bonds. The van der Waals surface area contributed by atoms with Crippen LogP contribution in [0.2, 0.25) is 5.15 Å². The Labute approximate surface area is 137 Å². The standard InChI is InChI=1S/C15H14ClN5O2/c1-21-8-10-6-11(3-4-12(10)20-21)18-7-9-2-5-13(16)19-14(9)23-15(17)22/h2-6,8,18H,7H2,1H3,(H2,17,22). The van der Waals surface area contributed by atoms with Gasteiger partial charge in [-0.25, -0.2) is 9.78 Å². The van der Waals surface area contributed by atoms with Gasteiger partial charge in [-0.05, 0) is 30.3 Å². The summed E-state index contributed by atoms with van der Waals surface area (Å²) in [6, 6.07) is 9.19. The first-order valence-electron chi connectivity index (χ1n) is 6.81. The highest BCUT2D eigenvalue weighted by Crippen LogP contribution is 2.22. The van der Waals surface area contributed by atoms with E-state index in [4.69, 9.17) is 22.1 Å². The van der Waals surface area contributed by atoms with Gasteiger partial charge in [0, 0.05) is 36.4 Å². The number of nitrogens with two attached hydrogens (primary N) is 1. The molecular weight excluding hydrogens is 318 g/mol. The zero-order valence-electron chi connectivity index (χ0n) is 12.3. The van der Waals surface area contributed by atoms with Crippen LogP contribution in [-0.4, -0.2) is 20.9 Å².